The third kappa shape index (κ3) is 1.45. The molecule has 1 aromatic rings. The van der Waals surface area contributed by atoms with E-state index in [0.29, 0.717) is 10.6 Å². The zero-order valence-electron chi connectivity index (χ0n) is 5.06. The molecular weight excluding hydrogens is 132 g/mol. The molecule has 1 nitrogen and oxygen atoms in total. The quantitative estimate of drug-likeness (QED) is 0.381. The number of hydrogen-bond donors (Lipinski definition) is 0. The summed E-state index contributed by atoms with van der Waals surface area (Å²) in [5.41, 5.74) is 1.56. The summed E-state index contributed by atoms with van der Waals surface area (Å²) in [4.78, 5) is 3.82. The van der Waals surface area contributed by atoms with Crippen LogP contribution in [0.25, 0.3) is 0 Å². The highest BCUT2D eigenvalue weighted by Gasteiger charge is 1.92. The number of hydrogen-bond acceptors (Lipinski definition) is 1. The van der Waals surface area contributed by atoms with Gasteiger partial charge in [0.05, 0.1) is 0 Å². The van der Waals surface area contributed by atoms with Gasteiger partial charge in [0.1, 0.15) is 13.0 Å². The van der Waals surface area contributed by atoms with Crippen molar-refractivity contribution in [2.24, 2.45) is 0 Å². The van der Waals surface area contributed by atoms with E-state index in [9.17, 15) is 0 Å². The average Bonchev–Trinajstić information content (AvgIpc) is 1.80. The SMILES string of the molecule is [B]c1cc(C)cnc1Cl. The molecular formula is C6H5BClN. The molecule has 0 amide bonds. The maximum Gasteiger partial charge on any atom is 0.121 e. The van der Waals surface area contributed by atoms with Gasteiger partial charge in [-0.15, -0.1) is 0 Å². The Balaban J connectivity index is 3.17. The monoisotopic (exact) mass is 137 g/mol. The summed E-state index contributed by atoms with van der Waals surface area (Å²) in [5, 5.41) is 0.376. The number of aryl methyl sites for hydroxylation is 1. The van der Waals surface area contributed by atoms with E-state index < -0.39 is 0 Å². The molecule has 0 aliphatic carbocycles. The molecule has 3 heteroatoms. The summed E-state index contributed by atoms with van der Waals surface area (Å²) in [5.74, 6) is 0. The maximum absolute atomic E-state index is 5.54. The molecule has 0 atom stereocenters. The van der Waals surface area contributed by atoms with Crippen LogP contribution in [-0.4, -0.2) is 12.8 Å². The molecule has 0 aliphatic heterocycles. The second kappa shape index (κ2) is 2.40. The highest BCUT2D eigenvalue weighted by Crippen LogP contribution is 1.99. The molecule has 9 heavy (non-hydrogen) atoms. The van der Waals surface area contributed by atoms with E-state index in [-0.39, 0.29) is 0 Å². The Hall–Kier alpha value is -0.495. The lowest BCUT2D eigenvalue weighted by Gasteiger charge is -1.95. The van der Waals surface area contributed by atoms with Crippen molar-refractivity contribution in [2.75, 3.05) is 0 Å². The molecule has 2 radical (unpaired) electrons. The standard InChI is InChI=1S/C6H5BClN/c1-4-2-5(7)6(8)9-3-4/h2-3H,1H3. The van der Waals surface area contributed by atoms with E-state index in [1.54, 1.807) is 12.3 Å². The molecule has 44 valence electrons. The van der Waals surface area contributed by atoms with Crippen LogP contribution < -0.4 is 5.46 Å². The molecule has 1 heterocycles. The summed E-state index contributed by atoms with van der Waals surface area (Å²) in [7, 11) is 5.43. The summed E-state index contributed by atoms with van der Waals surface area (Å²) < 4.78 is 0. The van der Waals surface area contributed by atoms with Gasteiger partial charge in [0.15, 0.2) is 0 Å². The van der Waals surface area contributed by atoms with Gasteiger partial charge in [-0.1, -0.05) is 23.1 Å². The predicted molar refractivity (Wildman–Crippen MR) is 39.4 cm³/mol. The Morgan fingerprint density at radius 1 is 1.67 bits per heavy atom. The third-order valence-electron chi connectivity index (χ3n) is 1.00. The molecule has 0 N–H and O–H groups in total. The first-order valence-electron chi connectivity index (χ1n) is 2.58. The average molecular weight is 137 g/mol. The first kappa shape index (κ1) is 6.62. The van der Waals surface area contributed by atoms with Crippen LogP contribution in [0, 0.1) is 6.92 Å². The van der Waals surface area contributed by atoms with E-state index in [1.165, 1.54) is 0 Å². The van der Waals surface area contributed by atoms with Gasteiger partial charge in [0, 0.05) is 6.20 Å². The zero-order chi connectivity index (χ0) is 6.85. The van der Waals surface area contributed by atoms with Gasteiger partial charge >= 0.3 is 0 Å². The minimum atomic E-state index is 0.376. The smallest absolute Gasteiger partial charge is 0.121 e. The Morgan fingerprint density at radius 2 is 2.33 bits per heavy atom. The molecule has 0 aromatic carbocycles. The van der Waals surface area contributed by atoms with Crippen molar-refractivity contribution in [2.45, 2.75) is 6.92 Å². The van der Waals surface area contributed by atoms with Crippen LogP contribution in [0.3, 0.4) is 0 Å². The highest BCUT2D eigenvalue weighted by atomic mass is 35.5. The minimum Gasteiger partial charge on any atom is -0.245 e. The van der Waals surface area contributed by atoms with Crippen LogP contribution in [-0.2, 0) is 0 Å². The van der Waals surface area contributed by atoms with E-state index >= 15 is 0 Å². The Bertz CT molecular complexity index is 224. The molecule has 0 unspecified atom stereocenters. The summed E-state index contributed by atoms with van der Waals surface area (Å²) in [6, 6.07) is 1.79. The summed E-state index contributed by atoms with van der Waals surface area (Å²) >= 11 is 5.54. The van der Waals surface area contributed by atoms with Crippen LogP contribution in [0.5, 0.6) is 0 Å². The van der Waals surface area contributed by atoms with Crippen molar-refractivity contribution >= 4 is 24.9 Å². The number of rotatable bonds is 0. The second-order valence-electron chi connectivity index (χ2n) is 1.89. The maximum atomic E-state index is 5.54. The number of pyridine rings is 1. The first-order chi connectivity index (χ1) is 4.20. The molecule has 0 spiro atoms. The largest absolute Gasteiger partial charge is 0.245 e. The third-order valence-corrected chi connectivity index (χ3v) is 1.32. The zero-order valence-corrected chi connectivity index (χ0v) is 5.81. The van der Waals surface area contributed by atoms with Crippen molar-refractivity contribution < 1.29 is 0 Å². The van der Waals surface area contributed by atoms with Crippen molar-refractivity contribution in [1.82, 2.24) is 4.98 Å². The molecule has 0 fully saturated rings. The summed E-state index contributed by atoms with van der Waals surface area (Å²) in [6.07, 6.45) is 1.68. The fourth-order valence-corrected chi connectivity index (χ4v) is 0.678. The molecule has 0 saturated carbocycles. The van der Waals surface area contributed by atoms with Gasteiger partial charge in [-0.05, 0) is 12.5 Å². The predicted octanol–water partition coefficient (Wildman–Crippen LogP) is 0.837. The van der Waals surface area contributed by atoms with Crippen LogP contribution in [0.2, 0.25) is 5.15 Å². The van der Waals surface area contributed by atoms with E-state index in [0.717, 1.165) is 5.56 Å². The molecule has 0 bridgehead atoms. The van der Waals surface area contributed by atoms with Crippen LogP contribution >= 0.6 is 11.6 Å². The highest BCUT2D eigenvalue weighted by molar-refractivity contribution is 6.44. The Labute approximate surface area is 60.5 Å². The number of halogens is 1. The molecule has 1 rings (SSSR count). The van der Waals surface area contributed by atoms with Crippen molar-refractivity contribution in [3.05, 3.63) is 23.0 Å². The Morgan fingerprint density at radius 3 is 2.78 bits per heavy atom. The lowest BCUT2D eigenvalue weighted by molar-refractivity contribution is 1.29. The van der Waals surface area contributed by atoms with Gasteiger partial charge in [-0.3, -0.25) is 0 Å². The molecule has 1 aromatic heterocycles. The molecule has 0 aliphatic rings. The van der Waals surface area contributed by atoms with Crippen molar-refractivity contribution in [3.8, 4) is 0 Å². The minimum absolute atomic E-state index is 0.376. The van der Waals surface area contributed by atoms with Gasteiger partial charge in [0.25, 0.3) is 0 Å². The van der Waals surface area contributed by atoms with Crippen molar-refractivity contribution in [3.63, 3.8) is 0 Å². The van der Waals surface area contributed by atoms with Crippen LogP contribution in [0.1, 0.15) is 5.56 Å². The topological polar surface area (TPSA) is 12.9 Å². The van der Waals surface area contributed by atoms with Crippen LogP contribution in [0.15, 0.2) is 12.3 Å². The van der Waals surface area contributed by atoms with Gasteiger partial charge in [-0.25, -0.2) is 4.98 Å². The Kier molecular flexibility index (Phi) is 1.77. The van der Waals surface area contributed by atoms with Gasteiger partial charge in [-0.2, -0.15) is 0 Å². The molecule has 0 saturated heterocycles. The normalized spacial score (nSPS) is 9.56. The summed E-state index contributed by atoms with van der Waals surface area (Å²) in [6.45, 7) is 1.92. The van der Waals surface area contributed by atoms with Gasteiger partial charge < -0.3 is 0 Å². The van der Waals surface area contributed by atoms with Crippen LogP contribution in [0.4, 0.5) is 0 Å². The lowest BCUT2D eigenvalue weighted by Crippen LogP contribution is -2.05. The van der Waals surface area contributed by atoms with E-state index in [1.807, 2.05) is 6.92 Å². The first-order valence-corrected chi connectivity index (χ1v) is 2.95. The second-order valence-corrected chi connectivity index (χ2v) is 2.25. The fourth-order valence-electron chi connectivity index (χ4n) is 0.575. The van der Waals surface area contributed by atoms with Crippen molar-refractivity contribution in [1.29, 1.82) is 0 Å². The number of nitrogens with zero attached hydrogens (tertiary/aromatic N) is 1. The van der Waals surface area contributed by atoms with E-state index in [2.05, 4.69) is 4.98 Å². The lowest BCUT2D eigenvalue weighted by atomic mass is 9.97. The van der Waals surface area contributed by atoms with Gasteiger partial charge in [0.2, 0.25) is 0 Å². The van der Waals surface area contributed by atoms with E-state index in [4.69, 9.17) is 19.4 Å². The number of aromatic nitrogens is 1. The fraction of sp³-hybridized carbons (Fsp3) is 0.167.